The molecule has 0 bridgehead atoms. The Morgan fingerprint density at radius 1 is 0.690 bits per heavy atom. The molecule has 8 aromatic rings. The first-order valence-corrected chi connectivity index (χ1v) is 19.3. The molecule has 0 saturated heterocycles. The van der Waals surface area contributed by atoms with E-state index >= 15 is 0 Å². The van der Waals surface area contributed by atoms with E-state index in [2.05, 4.69) is 76.3 Å². The summed E-state index contributed by atoms with van der Waals surface area (Å²) in [5.41, 5.74) is 13.0. The molecule has 0 aliphatic carbocycles. The maximum Gasteiger partial charge on any atom is 0.322 e. The SMILES string of the molecule is O=C(Nc1cccc(Cc2ccccc2)c1)N1CCc2c(cnc3[nH]ncc23)C1.O=C=Nc1cccc(Cc2ccccc2)c1.c1nc2[nH]ncc2c2c1CNCC2. The average Bonchev–Trinajstić information content (AvgIpc) is 3.96. The van der Waals surface area contributed by atoms with E-state index in [0.717, 1.165) is 72.3 Å². The lowest BCUT2D eigenvalue weighted by Crippen LogP contribution is -2.39. The molecule has 0 fully saturated rings. The van der Waals surface area contributed by atoms with Gasteiger partial charge in [-0.2, -0.15) is 15.2 Å². The molecule has 58 heavy (non-hydrogen) atoms. The summed E-state index contributed by atoms with van der Waals surface area (Å²) in [7, 11) is 0. The number of anilines is 1. The normalized spacial score (nSPS) is 12.9. The number of carbonyl (C=O) groups is 1. The van der Waals surface area contributed by atoms with Crippen molar-refractivity contribution in [1.29, 1.82) is 0 Å². The number of aromatic amines is 2. The molecule has 0 spiro atoms. The number of aliphatic imine (C=N–C) groups is 1. The lowest BCUT2D eigenvalue weighted by atomic mass is 9.99. The van der Waals surface area contributed by atoms with Crippen molar-refractivity contribution in [2.45, 2.75) is 38.8 Å². The van der Waals surface area contributed by atoms with Crippen LogP contribution in [0.4, 0.5) is 16.2 Å². The van der Waals surface area contributed by atoms with E-state index < -0.39 is 0 Å². The molecule has 4 aromatic carbocycles. The van der Waals surface area contributed by atoms with Crippen LogP contribution in [0.25, 0.3) is 22.1 Å². The zero-order valence-corrected chi connectivity index (χ0v) is 31.9. The van der Waals surface area contributed by atoms with E-state index in [-0.39, 0.29) is 6.03 Å². The first-order chi connectivity index (χ1) is 28.6. The number of amides is 2. The van der Waals surface area contributed by atoms with Gasteiger partial charge in [0.2, 0.25) is 6.08 Å². The molecule has 6 heterocycles. The highest BCUT2D eigenvalue weighted by atomic mass is 16.2. The topological polar surface area (TPSA) is 157 Å². The minimum atomic E-state index is -0.0835. The van der Waals surface area contributed by atoms with Gasteiger partial charge in [0.25, 0.3) is 0 Å². The van der Waals surface area contributed by atoms with Gasteiger partial charge in [-0.05, 0) is 101 Å². The summed E-state index contributed by atoms with van der Waals surface area (Å²) >= 11 is 0. The highest BCUT2D eigenvalue weighted by Crippen LogP contribution is 2.26. The molecule has 0 atom stereocenters. The number of hydrogen-bond donors (Lipinski definition) is 4. The molecule has 12 nitrogen and oxygen atoms in total. The van der Waals surface area contributed by atoms with Gasteiger partial charge in [0, 0.05) is 48.5 Å². The van der Waals surface area contributed by atoms with Crippen LogP contribution in [-0.2, 0) is 43.6 Å². The van der Waals surface area contributed by atoms with Crippen molar-refractivity contribution < 1.29 is 9.59 Å². The molecular formula is C46H42N10O2. The number of pyridine rings is 2. The summed E-state index contributed by atoms with van der Waals surface area (Å²) in [4.78, 5) is 37.1. The van der Waals surface area contributed by atoms with Crippen molar-refractivity contribution in [2.24, 2.45) is 4.99 Å². The summed E-state index contributed by atoms with van der Waals surface area (Å²) in [6.45, 7) is 3.21. The number of nitrogens with one attached hydrogen (secondary N) is 4. The van der Waals surface area contributed by atoms with E-state index in [0.29, 0.717) is 18.8 Å². The average molecular weight is 767 g/mol. The molecule has 0 radical (unpaired) electrons. The molecule has 0 saturated carbocycles. The van der Waals surface area contributed by atoms with Crippen LogP contribution in [0.1, 0.15) is 44.5 Å². The van der Waals surface area contributed by atoms with Crippen molar-refractivity contribution in [3.8, 4) is 0 Å². The van der Waals surface area contributed by atoms with E-state index in [9.17, 15) is 9.59 Å². The number of benzene rings is 4. The standard InChI is InChI=1S/C23H21N5O.C14H11NO.C9H10N4/c29-23(26-19-8-4-7-17(12-19)11-16-5-2-1-3-6-16)28-10-9-20-18(15-28)13-24-22-21(20)14-25-27-22;16-11-15-14-8-4-7-13(10-14)9-12-5-2-1-3-6-12;1-2-10-3-6-4-11-9-8(7(1)6)5-12-13-9/h1-8,12-14H,9-11,15H2,(H,26,29)(H,24,25,27);1-8,10H,9H2;4-5,10H,1-3H2,(H,11,12,13). The largest absolute Gasteiger partial charge is 0.322 e. The van der Waals surface area contributed by atoms with Crippen LogP contribution in [0.2, 0.25) is 0 Å². The Hall–Kier alpha value is -7.27. The smallest absolute Gasteiger partial charge is 0.320 e. The van der Waals surface area contributed by atoms with Crippen LogP contribution in [0.3, 0.4) is 0 Å². The van der Waals surface area contributed by atoms with E-state index in [4.69, 9.17) is 0 Å². The molecule has 4 N–H and O–H groups in total. The van der Waals surface area contributed by atoms with Crippen molar-refractivity contribution in [3.05, 3.63) is 178 Å². The molecule has 2 aliphatic rings. The van der Waals surface area contributed by atoms with Crippen molar-refractivity contribution in [2.75, 3.05) is 18.4 Å². The van der Waals surface area contributed by atoms with Crippen LogP contribution in [0, 0.1) is 0 Å². The highest BCUT2D eigenvalue weighted by molar-refractivity contribution is 5.90. The Morgan fingerprint density at radius 3 is 1.97 bits per heavy atom. The molecule has 4 aromatic heterocycles. The van der Waals surface area contributed by atoms with Crippen LogP contribution in [0.5, 0.6) is 0 Å². The quantitative estimate of drug-likeness (QED) is 0.0987. The fourth-order valence-corrected chi connectivity index (χ4v) is 7.42. The molecule has 2 amide bonds. The molecular weight excluding hydrogens is 725 g/mol. The number of isocyanates is 1. The van der Waals surface area contributed by atoms with Crippen molar-refractivity contribution in [3.63, 3.8) is 0 Å². The van der Waals surface area contributed by atoms with Gasteiger partial charge in [-0.15, -0.1) is 0 Å². The maximum atomic E-state index is 12.8. The zero-order valence-electron chi connectivity index (χ0n) is 31.9. The maximum absolute atomic E-state index is 12.8. The molecule has 12 heteroatoms. The Labute approximate surface area is 335 Å². The first-order valence-electron chi connectivity index (χ1n) is 19.3. The van der Waals surface area contributed by atoms with Crippen LogP contribution >= 0.6 is 0 Å². The van der Waals surface area contributed by atoms with Crippen LogP contribution < -0.4 is 10.6 Å². The zero-order chi connectivity index (χ0) is 39.5. The third kappa shape index (κ3) is 9.22. The minimum absolute atomic E-state index is 0.0835. The van der Waals surface area contributed by atoms with E-state index in [1.54, 1.807) is 12.1 Å². The minimum Gasteiger partial charge on any atom is -0.320 e. The summed E-state index contributed by atoms with van der Waals surface area (Å²) in [5.74, 6) is 0. The number of carbonyl (C=O) groups excluding carboxylic acids is 2. The molecule has 288 valence electrons. The van der Waals surface area contributed by atoms with Gasteiger partial charge in [0.05, 0.1) is 18.1 Å². The summed E-state index contributed by atoms with van der Waals surface area (Å²) < 4.78 is 0. The number of H-pyrrole nitrogens is 2. The lowest BCUT2D eigenvalue weighted by molar-refractivity contribution is 0.206. The second-order valence-electron chi connectivity index (χ2n) is 14.2. The van der Waals surface area contributed by atoms with Crippen molar-refractivity contribution in [1.82, 2.24) is 40.6 Å². The van der Waals surface area contributed by atoms with E-state index in [1.807, 2.05) is 102 Å². The van der Waals surface area contributed by atoms with Gasteiger partial charge in [-0.1, -0.05) is 84.9 Å². The van der Waals surface area contributed by atoms with Gasteiger partial charge in [-0.25, -0.2) is 19.6 Å². The van der Waals surface area contributed by atoms with Crippen LogP contribution in [-0.4, -0.2) is 60.5 Å². The monoisotopic (exact) mass is 766 g/mol. The number of rotatable bonds is 6. The Bertz CT molecular complexity index is 2690. The third-order valence-electron chi connectivity index (χ3n) is 10.3. The second kappa shape index (κ2) is 18.1. The Morgan fingerprint density at radius 2 is 1.29 bits per heavy atom. The first kappa shape index (κ1) is 37.6. The van der Waals surface area contributed by atoms with Crippen molar-refractivity contribution >= 4 is 45.6 Å². The second-order valence-corrected chi connectivity index (χ2v) is 14.2. The van der Waals surface area contributed by atoms with Gasteiger partial charge < -0.3 is 15.5 Å². The molecule has 0 unspecified atom stereocenters. The summed E-state index contributed by atoms with van der Waals surface area (Å²) in [6.07, 6.45) is 12.6. The lowest BCUT2D eigenvalue weighted by Gasteiger charge is -2.29. The van der Waals surface area contributed by atoms with Gasteiger partial charge in [-0.3, -0.25) is 10.2 Å². The predicted octanol–water partition coefficient (Wildman–Crippen LogP) is 7.99. The highest BCUT2D eigenvalue weighted by Gasteiger charge is 2.23. The Balaban J connectivity index is 0.000000135. The van der Waals surface area contributed by atoms with Crippen LogP contribution in [0.15, 0.2) is 139 Å². The number of hydrogen-bond acceptors (Lipinski definition) is 8. The number of aromatic nitrogens is 6. The van der Waals surface area contributed by atoms with Gasteiger partial charge >= 0.3 is 6.03 Å². The number of urea groups is 1. The van der Waals surface area contributed by atoms with E-state index in [1.165, 1.54) is 38.8 Å². The van der Waals surface area contributed by atoms with Gasteiger partial charge in [0.1, 0.15) is 0 Å². The Kier molecular flexibility index (Phi) is 11.8. The summed E-state index contributed by atoms with van der Waals surface area (Å²) in [5, 5.41) is 22.5. The fraction of sp³-hybridized carbons (Fsp3) is 0.174. The number of fused-ring (bicyclic) bond motifs is 6. The van der Waals surface area contributed by atoms with Gasteiger partial charge in [0.15, 0.2) is 11.3 Å². The third-order valence-corrected chi connectivity index (χ3v) is 10.3. The molecule has 2 aliphatic heterocycles. The number of nitrogens with zero attached hydrogens (tertiary/aromatic N) is 6. The fourth-order valence-electron chi connectivity index (χ4n) is 7.42. The molecule has 10 rings (SSSR count). The summed E-state index contributed by atoms with van der Waals surface area (Å²) in [6, 6.07) is 36.1. The predicted molar refractivity (Wildman–Crippen MR) is 225 cm³/mol.